The number of methoxy groups -OCH3 is 1. The normalized spacial score (nSPS) is 10.2. The zero-order valence-electron chi connectivity index (χ0n) is 9.06. The van der Waals surface area contributed by atoms with Crippen LogP contribution >= 0.6 is 11.6 Å². The van der Waals surface area contributed by atoms with Crippen molar-refractivity contribution in [2.24, 2.45) is 5.73 Å². The molecular weight excluding hydrogens is 214 g/mol. The van der Waals surface area contributed by atoms with Crippen molar-refractivity contribution in [3.63, 3.8) is 0 Å². The van der Waals surface area contributed by atoms with Gasteiger partial charge >= 0.3 is 0 Å². The summed E-state index contributed by atoms with van der Waals surface area (Å²) >= 11 is 6.05. The summed E-state index contributed by atoms with van der Waals surface area (Å²) in [6, 6.07) is 1.75. The molecule has 1 aromatic rings. The van der Waals surface area contributed by atoms with Crippen molar-refractivity contribution in [2.75, 3.05) is 13.7 Å². The number of rotatable bonds is 3. The minimum Gasteiger partial charge on any atom is -0.495 e. The van der Waals surface area contributed by atoms with Crippen LogP contribution in [0.2, 0.25) is 5.02 Å². The molecule has 0 saturated heterocycles. The van der Waals surface area contributed by atoms with Gasteiger partial charge in [-0.25, -0.2) is 0 Å². The first-order valence-corrected chi connectivity index (χ1v) is 4.97. The molecule has 0 unspecified atom stereocenters. The number of ether oxygens (including phenoxy) is 1. The van der Waals surface area contributed by atoms with Crippen LogP contribution in [0.4, 0.5) is 0 Å². The maximum absolute atomic E-state index is 11.5. The molecule has 0 atom stereocenters. The summed E-state index contributed by atoms with van der Waals surface area (Å²) in [4.78, 5) is 11.5. The van der Waals surface area contributed by atoms with Gasteiger partial charge in [0.1, 0.15) is 5.75 Å². The van der Waals surface area contributed by atoms with Crippen molar-refractivity contribution >= 4 is 17.4 Å². The van der Waals surface area contributed by atoms with E-state index < -0.39 is 0 Å². The fraction of sp³-hybridized carbons (Fsp3) is 0.364. The second-order valence-electron chi connectivity index (χ2n) is 3.34. The van der Waals surface area contributed by atoms with E-state index in [4.69, 9.17) is 22.1 Å². The van der Waals surface area contributed by atoms with Gasteiger partial charge in [-0.05, 0) is 25.5 Å². The summed E-state index contributed by atoms with van der Waals surface area (Å²) in [6.45, 7) is 3.62. The summed E-state index contributed by atoms with van der Waals surface area (Å²) in [7, 11) is 1.53. The van der Waals surface area contributed by atoms with Gasteiger partial charge in [-0.2, -0.15) is 0 Å². The van der Waals surface area contributed by atoms with Crippen LogP contribution in [0.5, 0.6) is 5.75 Å². The van der Waals surface area contributed by atoms with E-state index in [1.165, 1.54) is 7.11 Å². The molecule has 4 heteroatoms. The van der Waals surface area contributed by atoms with Crippen molar-refractivity contribution in [1.82, 2.24) is 0 Å². The van der Waals surface area contributed by atoms with Crippen LogP contribution in [-0.4, -0.2) is 19.4 Å². The summed E-state index contributed by atoms with van der Waals surface area (Å²) in [6.07, 6.45) is 0. The van der Waals surface area contributed by atoms with Gasteiger partial charge in [-0.15, -0.1) is 0 Å². The number of carbonyl (C=O) groups is 1. The molecule has 2 N–H and O–H groups in total. The lowest BCUT2D eigenvalue weighted by Gasteiger charge is -2.13. The van der Waals surface area contributed by atoms with Crippen molar-refractivity contribution < 1.29 is 9.53 Å². The van der Waals surface area contributed by atoms with Crippen LogP contribution in [0.25, 0.3) is 0 Å². The standard InChI is InChI=1S/C11H14ClNO2/c1-6-4-8(9(14)5-13)7(2)11(15-3)10(6)12/h4H,5,13H2,1-3H3. The number of halogens is 1. The zero-order valence-corrected chi connectivity index (χ0v) is 9.81. The Morgan fingerprint density at radius 3 is 2.60 bits per heavy atom. The molecule has 0 amide bonds. The number of ketones is 1. The molecule has 0 bridgehead atoms. The van der Waals surface area contributed by atoms with E-state index in [9.17, 15) is 4.79 Å². The predicted octanol–water partition coefficient (Wildman–Crippen LogP) is 2.11. The number of aryl methyl sites for hydroxylation is 1. The fourth-order valence-electron chi connectivity index (χ4n) is 1.50. The lowest BCUT2D eigenvalue weighted by molar-refractivity contribution is 0.100. The fourth-order valence-corrected chi connectivity index (χ4v) is 1.77. The lowest BCUT2D eigenvalue weighted by Crippen LogP contribution is -2.15. The van der Waals surface area contributed by atoms with Gasteiger partial charge in [0.15, 0.2) is 5.78 Å². The molecule has 1 rings (SSSR count). The Morgan fingerprint density at radius 1 is 1.53 bits per heavy atom. The van der Waals surface area contributed by atoms with Crippen LogP contribution in [-0.2, 0) is 0 Å². The largest absolute Gasteiger partial charge is 0.495 e. The Labute approximate surface area is 94.2 Å². The van der Waals surface area contributed by atoms with Gasteiger partial charge in [0.25, 0.3) is 0 Å². The maximum atomic E-state index is 11.5. The Morgan fingerprint density at radius 2 is 2.13 bits per heavy atom. The van der Waals surface area contributed by atoms with E-state index in [1.54, 1.807) is 13.0 Å². The second-order valence-corrected chi connectivity index (χ2v) is 3.72. The predicted molar refractivity (Wildman–Crippen MR) is 60.9 cm³/mol. The molecule has 0 aliphatic heterocycles. The molecule has 0 aliphatic rings. The third-order valence-electron chi connectivity index (χ3n) is 2.34. The molecule has 0 spiro atoms. The molecule has 82 valence electrons. The van der Waals surface area contributed by atoms with Crippen LogP contribution in [0, 0.1) is 13.8 Å². The molecule has 1 aromatic carbocycles. The van der Waals surface area contributed by atoms with Crippen molar-refractivity contribution in [3.8, 4) is 5.75 Å². The highest BCUT2D eigenvalue weighted by Crippen LogP contribution is 2.33. The summed E-state index contributed by atoms with van der Waals surface area (Å²) in [5.74, 6) is 0.444. The van der Waals surface area contributed by atoms with Crippen molar-refractivity contribution in [2.45, 2.75) is 13.8 Å². The van der Waals surface area contributed by atoms with Crippen molar-refractivity contribution in [3.05, 3.63) is 27.8 Å². The molecule has 0 fully saturated rings. The number of Topliss-reactive ketones (excluding diaryl/α,β-unsaturated/α-hetero) is 1. The van der Waals surface area contributed by atoms with Crippen LogP contribution < -0.4 is 10.5 Å². The SMILES string of the molecule is COc1c(C)c(C(=O)CN)cc(C)c1Cl. The Kier molecular flexibility index (Phi) is 3.72. The molecule has 0 aliphatic carbocycles. The minimum atomic E-state index is -0.106. The van der Waals surface area contributed by atoms with Gasteiger partial charge in [-0.3, -0.25) is 4.79 Å². The van der Waals surface area contributed by atoms with E-state index in [2.05, 4.69) is 0 Å². The zero-order chi connectivity index (χ0) is 11.6. The Bertz CT molecular complexity index is 402. The molecule has 3 nitrogen and oxygen atoms in total. The summed E-state index contributed by atoms with van der Waals surface area (Å²) < 4.78 is 5.17. The van der Waals surface area contributed by atoms with Crippen molar-refractivity contribution in [1.29, 1.82) is 0 Å². The monoisotopic (exact) mass is 227 g/mol. The van der Waals surface area contributed by atoms with E-state index in [0.29, 0.717) is 16.3 Å². The third-order valence-corrected chi connectivity index (χ3v) is 2.81. The first-order valence-electron chi connectivity index (χ1n) is 4.59. The highest BCUT2D eigenvalue weighted by Gasteiger charge is 2.16. The Balaban J connectivity index is 3.43. The maximum Gasteiger partial charge on any atom is 0.176 e. The molecule has 0 aromatic heterocycles. The quantitative estimate of drug-likeness (QED) is 0.805. The van der Waals surface area contributed by atoms with E-state index in [-0.39, 0.29) is 12.3 Å². The molecule has 0 saturated carbocycles. The van der Waals surface area contributed by atoms with Crippen LogP contribution in [0.15, 0.2) is 6.07 Å². The highest BCUT2D eigenvalue weighted by atomic mass is 35.5. The number of nitrogens with two attached hydrogens (primary N) is 1. The van der Waals surface area contributed by atoms with Gasteiger partial charge in [0.2, 0.25) is 0 Å². The summed E-state index contributed by atoms with van der Waals surface area (Å²) in [5.41, 5.74) is 7.46. The van der Waals surface area contributed by atoms with Gasteiger partial charge in [0.05, 0.1) is 18.7 Å². The number of hydrogen-bond donors (Lipinski definition) is 1. The first-order chi connectivity index (χ1) is 7.02. The van der Waals surface area contributed by atoms with Crippen LogP contribution in [0.3, 0.4) is 0 Å². The van der Waals surface area contributed by atoms with Gasteiger partial charge in [0, 0.05) is 11.1 Å². The van der Waals surface area contributed by atoms with E-state index in [1.807, 2.05) is 6.92 Å². The lowest BCUT2D eigenvalue weighted by atomic mass is 10.0. The van der Waals surface area contributed by atoms with Gasteiger partial charge < -0.3 is 10.5 Å². The highest BCUT2D eigenvalue weighted by molar-refractivity contribution is 6.33. The second kappa shape index (κ2) is 4.64. The van der Waals surface area contributed by atoms with E-state index in [0.717, 1.165) is 11.1 Å². The van der Waals surface area contributed by atoms with Crippen LogP contribution in [0.1, 0.15) is 21.5 Å². The Hall–Kier alpha value is -1.06. The molecule has 0 heterocycles. The smallest absolute Gasteiger partial charge is 0.176 e. The molecule has 15 heavy (non-hydrogen) atoms. The average molecular weight is 228 g/mol. The number of benzene rings is 1. The molecular formula is C11H14ClNO2. The number of hydrogen-bond acceptors (Lipinski definition) is 3. The first kappa shape index (κ1) is 12.0. The number of carbonyl (C=O) groups excluding carboxylic acids is 1. The molecule has 0 radical (unpaired) electrons. The average Bonchev–Trinajstić information content (AvgIpc) is 2.23. The minimum absolute atomic E-state index is 0.00886. The topological polar surface area (TPSA) is 52.3 Å². The third kappa shape index (κ3) is 2.13. The summed E-state index contributed by atoms with van der Waals surface area (Å²) in [5, 5.41) is 0.545. The van der Waals surface area contributed by atoms with Gasteiger partial charge in [-0.1, -0.05) is 11.6 Å². The van der Waals surface area contributed by atoms with E-state index >= 15 is 0 Å².